The number of ether oxygens (including phenoxy) is 2. The minimum absolute atomic E-state index is 0. The van der Waals surface area contributed by atoms with Crippen molar-refractivity contribution in [2.24, 2.45) is 0 Å². The Morgan fingerprint density at radius 1 is 1.38 bits per heavy atom. The van der Waals surface area contributed by atoms with Crippen LogP contribution < -0.4 is 15.4 Å². The summed E-state index contributed by atoms with van der Waals surface area (Å²) in [4.78, 5) is 12.1. The molecule has 0 spiro atoms. The van der Waals surface area contributed by atoms with Gasteiger partial charge in [-0.3, -0.25) is 4.79 Å². The number of halogens is 1. The van der Waals surface area contributed by atoms with E-state index in [0.717, 1.165) is 37.2 Å². The third-order valence-electron chi connectivity index (χ3n) is 3.28. The Kier molecular flexibility index (Phi) is 8.12. The summed E-state index contributed by atoms with van der Waals surface area (Å²) in [6.07, 6.45) is 3.15. The molecular formula is C15H23ClN2O3. The topological polar surface area (TPSA) is 59.6 Å². The maximum Gasteiger partial charge on any atom is 0.241 e. The number of amides is 1. The highest BCUT2D eigenvalue weighted by Crippen LogP contribution is 2.18. The van der Waals surface area contributed by atoms with E-state index in [1.54, 1.807) is 7.11 Å². The summed E-state index contributed by atoms with van der Waals surface area (Å²) in [5.74, 6) is 0.759. The predicted octanol–water partition coefficient (Wildman–Crippen LogP) is 2.21. The van der Waals surface area contributed by atoms with Crippen LogP contribution in [0.25, 0.3) is 0 Å². The van der Waals surface area contributed by atoms with Crippen LogP contribution in [-0.4, -0.2) is 38.8 Å². The fourth-order valence-electron chi connectivity index (χ4n) is 2.21. The van der Waals surface area contributed by atoms with Gasteiger partial charge in [-0.25, -0.2) is 0 Å². The van der Waals surface area contributed by atoms with Crippen molar-refractivity contribution in [3.63, 3.8) is 0 Å². The number of anilines is 1. The molecule has 0 bridgehead atoms. The number of carbonyl (C=O) groups excluding carboxylic acids is 1. The van der Waals surface area contributed by atoms with E-state index in [1.807, 2.05) is 24.3 Å². The average molecular weight is 315 g/mol. The normalized spacial score (nSPS) is 17.7. The number of hydrogen-bond acceptors (Lipinski definition) is 4. The lowest BCUT2D eigenvalue weighted by Gasteiger charge is -2.22. The molecule has 1 aliphatic heterocycles. The summed E-state index contributed by atoms with van der Waals surface area (Å²) in [5, 5.41) is 6.17. The van der Waals surface area contributed by atoms with Crippen molar-refractivity contribution in [3.8, 4) is 5.75 Å². The SMILES string of the molecule is COCCOc1cccc(NC(=O)[C@@H]2CCCCN2)c1.Cl. The van der Waals surface area contributed by atoms with Gasteiger partial charge in [-0.1, -0.05) is 12.5 Å². The first-order valence-electron chi connectivity index (χ1n) is 7.05. The molecule has 1 atom stereocenters. The first-order valence-corrected chi connectivity index (χ1v) is 7.05. The average Bonchev–Trinajstić information content (AvgIpc) is 2.49. The van der Waals surface area contributed by atoms with Gasteiger partial charge in [-0.15, -0.1) is 12.4 Å². The van der Waals surface area contributed by atoms with Crippen LogP contribution in [0.5, 0.6) is 5.75 Å². The van der Waals surface area contributed by atoms with Crippen LogP contribution in [-0.2, 0) is 9.53 Å². The third-order valence-corrected chi connectivity index (χ3v) is 3.28. The molecule has 118 valence electrons. The summed E-state index contributed by atoms with van der Waals surface area (Å²) in [5.41, 5.74) is 0.761. The standard InChI is InChI=1S/C15H22N2O3.ClH/c1-19-9-10-20-13-6-4-5-12(11-13)17-15(18)14-7-2-3-8-16-14;/h4-6,11,14,16H,2-3,7-10H2,1H3,(H,17,18);1H/t14-;/m0./s1. The zero-order valence-corrected chi connectivity index (χ0v) is 13.1. The molecular weight excluding hydrogens is 292 g/mol. The van der Waals surface area contributed by atoms with Gasteiger partial charge in [0, 0.05) is 18.9 Å². The van der Waals surface area contributed by atoms with Crippen molar-refractivity contribution in [3.05, 3.63) is 24.3 Å². The molecule has 0 aliphatic carbocycles. The summed E-state index contributed by atoms with van der Waals surface area (Å²) in [6.45, 7) is 1.96. The molecule has 6 heteroatoms. The molecule has 0 saturated carbocycles. The fourth-order valence-corrected chi connectivity index (χ4v) is 2.21. The highest BCUT2D eigenvalue weighted by molar-refractivity contribution is 5.95. The van der Waals surface area contributed by atoms with Gasteiger partial charge >= 0.3 is 0 Å². The molecule has 1 heterocycles. The number of rotatable bonds is 6. The molecule has 21 heavy (non-hydrogen) atoms. The first-order chi connectivity index (χ1) is 9.79. The molecule has 0 unspecified atom stereocenters. The molecule has 0 radical (unpaired) electrons. The van der Waals surface area contributed by atoms with Crippen molar-refractivity contribution in [2.45, 2.75) is 25.3 Å². The monoisotopic (exact) mass is 314 g/mol. The van der Waals surface area contributed by atoms with Gasteiger partial charge < -0.3 is 20.1 Å². The van der Waals surface area contributed by atoms with Crippen LogP contribution >= 0.6 is 12.4 Å². The molecule has 1 aliphatic rings. The van der Waals surface area contributed by atoms with Gasteiger partial charge in [-0.2, -0.15) is 0 Å². The molecule has 1 fully saturated rings. The van der Waals surface area contributed by atoms with E-state index in [9.17, 15) is 4.79 Å². The smallest absolute Gasteiger partial charge is 0.241 e. The van der Waals surface area contributed by atoms with E-state index < -0.39 is 0 Å². The molecule has 1 aromatic carbocycles. The summed E-state index contributed by atoms with van der Waals surface area (Å²) < 4.78 is 10.5. The highest BCUT2D eigenvalue weighted by atomic mass is 35.5. The summed E-state index contributed by atoms with van der Waals surface area (Å²) in [7, 11) is 1.64. The van der Waals surface area contributed by atoms with E-state index in [4.69, 9.17) is 9.47 Å². The van der Waals surface area contributed by atoms with E-state index in [1.165, 1.54) is 0 Å². The molecule has 1 amide bonds. The highest BCUT2D eigenvalue weighted by Gasteiger charge is 2.20. The predicted molar refractivity (Wildman–Crippen MR) is 85.3 cm³/mol. The second-order valence-electron chi connectivity index (χ2n) is 4.86. The number of piperidine rings is 1. The number of carbonyl (C=O) groups is 1. The lowest BCUT2D eigenvalue weighted by molar-refractivity contribution is -0.118. The van der Waals surface area contributed by atoms with Gasteiger partial charge in [0.1, 0.15) is 12.4 Å². The second-order valence-corrected chi connectivity index (χ2v) is 4.86. The lowest BCUT2D eigenvalue weighted by Crippen LogP contribution is -2.43. The molecule has 2 rings (SSSR count). The first kappa shape index (κ1) is 17.8. The van der Waals surface area contributed by atoms with E-state index in [-0.39, 0.29) is 24.4 Å². The Labute approximate surface area is 131 Å². The van der Waals surface area contributed by atoms with Crippen molar-refractivity contribution < 1.29 is 14.3 Å². The van der Waals surface area contributed by atoms with E-state index in [0.29, 0.717) is 13.2 Å². The van der Waals surface area contributed by atoms with Gasteiger partial charge in [0.05, 0.1) is 12.6 Å². The molecule has 0 aromatic heterocycles. The Bertz CT molecular complexity index is 437. The zero-order valence-electron chi connectivity index (χ0n) is 12.3. The van der Waals surface area contributed by atoms with Crippen molar-refractivity contribution in [2.75, 3.05) is 32.2 Å². The van der Waals surface area contributed by atoms with Crippen LogP contribution in [0.1, 0.15) is 19.3 Å². The van der Waals surface area contributed by atoms with Gasteiger partial charge in [-0.05, 0) is 31.5 Å². The van der Waals surface area contributed by atoms with Crippen LogP contribution in [0, 0.1) is 0 Å². The van der Waals surface area contributed by atoms with Crippen molar-refractivity contribution >= 4 is 24.0 Å². The Morgan fingerprint density at radius 3 is 2.95 bits per heavy atom. The number of methoxy groups -OCH3 is 1. The zero-order chi connectivity index (χ0) is 14.2. The van der Waals surface area contributed by atoms with Gasteiger partial charge in [0.25, 0.3) is 0 Å². The van der Waals surface area contributed by atoms with Crippen molar-refractivity contribution in [1.82, 2.24) is 5.32 Å². The lowest BCUT2D eigenvalue weighted by atomic mass is 10.0. The van der Waals surface area contributed by atoms with Gasteiger partial charge in [0.2, 0.25) is 5.91 Å². The summed E-state index contributed by atoms with van der Waals surface area (Å²) in [6, 6.07) is 7.35. The maximum atomic E-state index is 12.1. The quantitative estimate of drug-likeness (QED) is 0.790. The minimum Gasteiger partial charge on any atom is -0.491 e. The van der Waals surface area contributed by atoms with Crippen LogP contribution in [0.15, 0.2) is 24.3 Å². The molecule has 2 N–H and O–H groups in total. The number of hydrogen-bond donors (Lipinski definition) is 2. The molecule has 1 saturated heterocycles. The van der Waals surface area contributed by atoms with Crippen molar-refractivity contribution in [1.29, 1.82) is 0 Å². The molecule has 5 nitrogen and oxygen atoms in total. The van der Waals surface area contributed by atoms with E-state index in [2.05, 4.69) is 10.6 Å². The third kappa shape index (κ3) is 5.91. The number of benzene rings is 1. The Balaban J connectivity index is 0.00000220. The Hall–Kier alpha value is -1.30. The summed E-state index contributed by atoms with van der Waals surface area (Å²) >= 11 is 0. The van der Waals surface area contributed by atoms with Crippen LogP contribution in [0.3, 0.4) is 0 Å². The minimum atomic E-state index is -0.0817. The van der Waals surface area contributed by atoms with Crippen LogP contribution in [0.4, 0.5) is 5.69 Å². The van der Waals surface area contributed by atoms with E-state index >= 15 is 0 Å². The second kappa shape index (κ2) is 9.60. The number of nitrogens with one attached hydrogen (secondary N) is 2. The van der Waals surface area contributed by atoms with Gasteiger partial charge in [0.15, 0.2) is 0 Å². The maximum absolute atomic E-state index is 12.1. The fraction of sp³-hybridized carbons (Fsp3) is 0.533. The van der Waals surface area contributed by atoms with Crippen LogP contribution in [0.2, 0.25) is 0 Å². The Morgan fingerprint density at radius 2 is 2.24 bits per heavy atom. The largest absolute Gasteiger partial charge is 0.491 e. The molecule has 1 aromatic rings.